The highest BCUT2D eigenvalue weighted by molar-refractivity contribution is 5.60. The van der Waals surface area contributed by atoms with Crippen LogP contribution in [0.5, 0.6) is 0 Å². The predicted octanol–water partition coefficient (Wildman–Crippen LogP) is 1.74. The number of aryl methyl sites for hydroxylation is 1. The second-order valence-electron chi connectivity index (χ2n) is 3.12. The summed E-state index contributed by atoms with van der Waals surface area (Å²) in [7, 11) is 0. The molecule has 3 nitrogen and oxygen atoms in total. The zero-order valence-corrected chi connectivity index (χ0v) is 8.27. The Morgan fingerprint density at radius 2 is 2.14 bits per heavy atom. The molecule has 1 rings (SSSR count). The summed E-state index contributed by atoms with van der Waals surface area (Å²) in [6.07, 6.45) is 2.97. The van der Waals surface area contributed by atoms with Crippen LogP contribution in [0.4, 0.5) is 0 Å². The fourth-order valence-corrected chi connectivity index (χ4v) is 1.44. The van der Waals surface area contributed by atoms with Crippen molar-refractivity contribution in [1.82, 2.24) is 0 Å². The van der Waals surface area contributed by atoms with E-state index >= 15 is 0 Å². The lowest BCUT2D eigenvalue weighted by atomic mass is 10.0. The first-order valence-electron chi connectivity index (χ1n) is 4.69. The number of rotatable bonds is 4. The molecule has 0 saturated heterocycles. The Morgan fingerprint density at radius 1 is 1.36 bits per heavy atom. The van der Waals surface area contributed by atoms with Gasteiger partial charge >= 0.3 is 0 Å². The zero-order chi connectivity index (χ0) is 10.4. The number of aliphatic hydroxyl groups is 1. The van der Waals surface area contributed by atoms with E-state index < -0.39 is 0 Å². The topological polar surface area (TPSA) is 52.8 Å². The van der Waals surface area contributed by atoms with Gasteiger partial charge in [0, 0.05) is 12.6 Å². The molecule has 1 aromatic carbocycles. The lowest BCUT2D eigenvalue weighted by Gasteiger charge is -2.06. The van der Waals surface area contributed by atoms with Gasteiger partial charge in [-0.25, -0.2) is 0 Å². The van der Waals surface area contributed by atoms with E-state index in [9.17, 15) is 0 Å². The molecule has 0 amide bonds. The highest BCUT2D eigenvalue weighted by Gasteiger charge is 2.00. The smallest absolute Gasteiger partial charge is 0.0684 e. The van der Waals surface area contributed by atoms with Crippen LogP contribution in [0.3, 0.4) is 0 Å². The first kappa shape index (κ1) is 10.7. The normalized spacial score (nSPS) is 11.0. The van der Waals surface area contributed by atoms with E-state index in [1.165, 1.54) is 6.21 Å². The molecule has 14 heavy (non-hydrogen) atoms. The highest BCUT2D eigenvalue weighted by atomic mass is 16.4. The molecule has 0 radical (unpaired) electrons. The fourth-order valence-electron chi connectivity index (χ4n) is 1.44. The van der Waals surface area contributed by atoms with Crippen molar-refractivity contribution in [3.8, 4) is 0 Å². The molecule has 0 unspecified atom stereocenters. The van der Waals surface area contributed by atoms with Crippen LogP contribution in [0, 0.1) is 0 Å². The maximum Gasteiger partial charge on any atom is 0.0684 e. The maximum absolute atomic E-state index is 9.05. The van der Waals surface area contributed by atoms with Crippen LogP contribution in [0.25, 0.3) is 0 Å². The maximum atomic E-state index is 9.05. The number of nitrogens with zero attached hydrogens (tertiary/aromatic N) is 1. The summed E-state index contributed by atoms with van der Waals surface area (Å²) in [4.78, 5) is 0. The summed E-state index contributed by atoms with van der Waals surface area (Å²) in [6, 6.07) is 5.89. The van der Waals surface area contributed by atoms with Gasteiger partial charge in [-0.05, 0) is 23.1 Å². The number of aliphatic hydroxyl groups excluding tert-OH is 1. The van der Waals surface area contributed by atoms with Crippen LogP contribution in [0.15, 0.2) is 23.4 Å². The van der Waals surface area contributed by atoms with E-state index in [1.54, 1.807) is 0 Å². The van der Waals surface area contributed by atoms with Gasteiger partial charge in [0.2, 0.25) is 0 Å². The Bertz CT molecular complexity index is 321. The fraction of sp³-hybridized carbons (Fsp3) is 0.364. The summed E-state index contributed by atoms with van der Waals surface area (Å²) >= 11 is 0. The first-order valence-corrected chi connectivity index (χ1v) is 4.69. The third kappa shape index (κ3) is 2.57. The van der Waals surface area contributed by atoms with Crippen molar-refractivity contribution in [2.45, 2.75) is 26.4 Å². The molecule has 0 atom stereocenters. The Morgan fingerprint density at radius 3 is 2.71 bits per heavy atom. The number of oxime groups is 1. The van der Waals surface area contributed by atoms with E-state index in [-0.39, 0.29) is 6.61 Å². The molecule has 0 spiro atoms. The molecule has 0 saturated carbocycles. The number of hydrogen-bond donors (Lipinski definition) is 2. The molecule has 0 bridgehead atoms. The van der Waals surface area contributed by atoms with Crippen LogP contribution in [-0.2, 0) is 19.4 Å². The second-order valence-corrected chi connectivity index (χ2v) is 3.12. The minimum Gasteiger partial charge on any atom is -0.411 e. The average molecular weight is 193 g/mol. The van der Waals surface area contributed by atoms with Gasteiger partial charge in [-0.2, -0.15) is 0 Å². The molecule has 3 heteroatoms. The quantitative estimate of drug-likeness (QED) is 0.435. The molecule has 76 valence electrons. The van der Waals surface area contributed by atoms with Gasteiger partial charge in [0.25, 0.3) is 0 Å². The van der Waals surface area contributed by atoms with Crippen LogP contribution in [0.1, 0.15) is 23.6 Å². The Kier molecular flexibility index (Phi) is 4.13. The van der Waals surface area contributed by atoms with Gasteiger partial charge < -0.3 is 10.3 Å². The molecule has 0 heterocycles. The summed E-state index contributed by atoms with van der Waals surface area (Å²) < 4.78 is 0. The lowest BCUT2D eigenvalue weighted by Crippen LogP contribution is -1.95. The molecule has 0 aliphatic heterocycles. The van der Waals surface area contributed by atoms with Crippen molar-refractivity contribution in [1.29, 1.82) is 0 Å². The third-order valence-corrected chi connectivity index (χ3v) is 2.23. The van der Waals surface area contributed by atoms with Crippen molar-refractivity contribution in [3.05, 3.63) is 34.9 Å². The molecular formula is C11H15NO2. The average Bonchev–Trinajstić information content (AvgIpc) is 2.25. The predicted molar refractivity (Wildman–Crippen MR) is 55.7 cm³/mol. The van der Waals surface area contributed by atoms with Crippen LogP contribution >= 0.6 is 0 Å². The Hall–Kier alpha value is -1.35. The number of hydrogen-bond acceptors (Lipinski definition) is 3. The van der Waals surface area contributed by atoms with E-state index in [1.807, 2.05) is 18.2 Å². The third-order valence-electron chi connectivity index (χ3n) is 2.23. The van der Waals surface area contributed by atoms with Gasteiger partial charge in [0.05, 0.1) is 6.61 Å². The van der Waals surface area contributed by atoms with Crippen LogP contribution < -0.4 is 0 Å². The van der Waals surface area contributed by atoms with Crippen molar-refractivity contribution in [2.24, 2.45) is 5.16 Å². The molecule has 1 aromatic rings. The zero-order valence-electron chi connectivity index (χ0n) is 8.27. The van der Waals surface area contributed by atoms with Gasteiger partial charge in [0.1, 0.15) is 0 Å². The van der Waals surface area contributed by atoms with E-state index in [0.29, 0.717) is 6.42 Å². The lowest BCUT2D eigenvalue weighted by molar-refractivity contribution is 0.280. The van der Waals surface area contributed by atoms with Gasteiger partial charge in [-0.15, -0.1) is 5.16 Å². The molecule has 0 aromatic heterocycles. The second kappa shape index (κ2) is 5.40. The minimum atomic E-state index is 0.0809. The van der Waals surface area contributed by atoms with Gasteiger partial charge in [-0.1, -0.05) is 25.1 Å². The monoisotopic (exact) mass is 193 g/mol. The molecular weight excluding hydrogens is 178 g/mol. The molecule has 2 N–H and O–H groups in total. The van der Waals surface area contributed by atoms with Crippen molar-refractivity contribution < 1.29 is 10.3 Å². The summed E-state index contributed by atoms with van der Waals surface area (Å²) in [5, 5.41) is 20.3. The van der Waals surface area contributed by atoms with Crippen LogP contribution in [-0.4, -0.2) is 16.5 Å². The summed E-state index contributed by atoms with van der Waals surface area (Å²) in [5.41, 5.74) is 3.21. The summed E-state index contributed by atoms with van der Waals surface area (Å²) in [6.45, 7) is 2.13. The van der Waals surface area contributed by atoms with Gasteiger partial charge in [0.15, 0.2) is 0 Å². The summed E-state index contributed by atoms with van der Waals surface area (Å²) in [5.74, 6) is 0. The molecule has 0 aliphatic rings. The van der Waals surface area contributed by atoms with E-state index in [4.69, 9.17) is 10.3 Å². The van der Waals surface area contributed by atoms with Gasteiger partial charge in [-0.3, -0.25) is 0 Å². The number of benzene rings is 1. The van der Waals surface area contributed by atoms with Crippen LogP contribution in [0.2, 0.25) is 0 Å². The van der Waals surface area contributed by atoms with E-state index in [0.717, 1.165) is 23.1 Å². The SMILES string of the molecule is CCc1cc(C/C=N/O)ccc1CO. The minimum absolute atomic E-state index is 0.0809. The Labute approximate surface area is 83.7 Å². The largest absolute Gasteiger partial charge is 0.411 e. The molecule has 0 aliphatic carbocycles. The highest BCUT2D eigenvalue weighted by Crippen LogP contribution is 2.13. The first-order chi connectivity index (χ1) is 6.81. The van der Waals surface area contributed by atoms with E-state index in [2.05, 4.69) is 12.1 Å². The molecule has 0 fully saturated rings. The van der Waals surface area contributed by atoms with Crippen molar-refractivity contribution in [3.63, 3.8) is 0 Å². The van der Waals surface area contributed by atoms with Crippen molar-refractivity contribution >= 4 is 6.21 Å². The Balaban J connectivity index is 2.89. The standard InChI is InChI=1S/C11H15NO2/c1-2-10-7-9(5-6-12-14)3-4-11(10)8-13/h3-4,6-7,13-14H,2,5,8H2,1H3/b12-6+. The van der Waals surface area contributed by atoms with Crippen molar-refractivity contribution in [2.75, 3.05) is 0 Å².